The highest BCUT2D eigenvalue weighted by Gasteiger charge is 2.14. The molecule has 1 aromatic heterocycles. The van der Waals surface area contributed by atoms with Gasteiger partial charge in [-0.1, -0.05) is 18.2 Å². The molecule has 0 saturated heterocycles. The van der Waals surface area contributed by atoms with E-state index in [4.69, 9.17) is 0 Å². The zero-order valence-corrected chi connectivity index (χ0v) is 11.4. The molecule has 0 aliphatic carbocycles. The minimum atomic E-state index is -0.373. The largest absolute Gasteiger partial charge is 0.393 e. The molecular formula is C14H17NO2S. The van der Waals surface area contributed by atoms with Crippen LogP contribution in [0, 0.1) is 0 Å². The molecule has 1 heterocycles. The second-order valence-electron chi connectivity index (χ2n) is 4.51. The van der Waals surface area contributed by atoms with Gasteiger partial charge in [0, 0.05) is 18.3 Å². The summed E-state index contributed by atoms with van der Waals surface area (Å²) in [7, 11) is 1.77. The molecule has 1 unspecified atom stereocenters. The monoisotopic (exact) mass is 263 g/mol. The number of fused-ring (bicyclic) bond motifs is 1. The maximum absolute atomic E-state index is 12.2. The highest BCUT2D eigenvalue weighted by Crippen LogP contribution is 2.26. The number of carbonyl (C=O) groups is 1. The quantitative estimate of drug-likeness (QED) is 0.921. The maximum Gasteiger partial charge on any atom is 0.263 e. The number of nitrogens with zero attached hydrogens (tertiary/aromatic N) is 1. The van der Waals surface area contributed by atoms with Crippen molar-refractivity contribution >= 4 is 27.3 Å². The Kier molecular flexibility index (Phi) is 3.99. The van der Waals surface area contributed by atoms with Gasteiger partial charge in [-0.2, -0.15) is 0 Å². The van der Waals surface area contributed by atoms with E-state index >= 15 is 0 Å². The summed E-state index contributed by atoms with van der Waals surface area (Å²) in [6.45, 7) is 2.31. The SMILES string of the molecule is CC(O)CCN(C)C(=O)c1cc2ccccc2s1. The fourth-order valence-corrected chi connectivity index (χ4v) is 2.81. The first kappa shape index (κ1) is 13.1. The molecule has 0 spiro atoms. The summed E-state index contributed by atoms with van der Waals surface area (Å²) in [5.41, 5.74) is 0. The number of aliphatic hydroxyl groups is 1. The normalized spacial score (nSPS) is 12.6. The second kappa shape index (κ2) is 5.50. The molecule has 1 aromatic carbocycles. The number of hydrogen-bond donors (Lipinski definition) is 1. The number of carbonyl (C=O) groups excluding carboxylic acids is 1. The third-order valence-electron chi connectivity index (χ3n) is 2.87. The van der Waals surface area contributed by atoms with Crippen LogP contribution in [-0.2, 0) is 0 Å². The zero-order chi connectivity index (χ0) is 13.1. The molecule has 96 valence electrons. The minimum absolute atomic E-state index is 0.0249. The van der Waals surface area contributed by atoms with Gasteiger partial charge in [-0.3, -0.25) is 4.79 Å². The first-order chi connectivity index (χ1) is 8.58. The fourth-order valence-electron chi connectivity index (χ4n) is 1.76. The molecule has 1 N–H and O–H groups in total. The second-order valence-corrected chi connectivity index (χ2v) is 5.60. The van der Waals surface area contributed by atoms with E-state index in [0.29, 0.717) is 13.0 Å². The van der Waals surface area contributed by atoms with Gasteiger partial charge in [0.1, 0.15) is 0 Å². The first-order valence-electron chi connectivity index (χ1n) is 6.00. The summed E-state index contributed by atoms with van der Waals surface area (Å²) < 4.78 is 1.13. The van der Waals surface area contributed by atoms with Crippen LogP contribution in [0.25, 0.3) is 10.1 Å². The Balaban J connectivity index is 2.12. The van der Waals surface area contributed by atoms with E-state index in [-0.39, 0.29) is 12.0 Å². The van der Waals surface area contributed by atoms with Crippen LogP contribution in [-0.4, -0.2) is 35.6 Å². The van der Waals surface area contributed by atoms with Crippen molar-refractivity contribution in [2.45, 2.75) is 19.4 Å². The molecule has 0 aliphatic heterocycles. The molecule has 4 heteroatoms. The molecule has 3 nitrogen and oxygen atoms in total. The molecule has 0 bridgehead atoms. The number of amides is 1. The predicted molar refractivity (Wildman–Crippen MR) is 75.1 cm³/mol. The number of aliphatic hydroxyl groups excluding tert-OH is 1. The average Bonchev–Trinajstić information content (AvgIpc) is 2.78. The Morgan fingerprint density at radius 2 is 2.17 bits per heavy atom. The van der Waals surface area contributed by atoms with Gasteiger partial charge in [-0.05, 0) is 30.9 Å². The Hall–Kier alpha value is -1.39. The highest BCUT2D eigenvalue weighted by atomic mass is 32.1. The van der Waals surface area contributed by atoms with Gasteiger partial charge in [0.15, 0.2) is 0 Å². The van der Waals surface area contributed by atoms with Crippen LogP contribution < -0.4 is 0 Å². The van der Waals surface area contributed by atoms with E-state index in [0.717, 1.165) is 15.0 Å². The Bertz CT molecular complexity index is 514. The summed E-state index contributed by atoms with van der Waals surface area (Å²) in [5.74, 6) is 0.0249. The standard InChI is InChI=1S/C14H17NO2S/c1-10(16)7-8-15(2)14(17)13-9-11-5-3-4-6-12(11)18-13/h3-6,9-10,16H,7-8H2,1-2H3. The smallest absolute Gasteiger partial charge is 0.263 e. The van der Waals surface area contributed by atoms with Gasteiger partial charge >= 0.3 is 0 Å². The topological polar surface area (TPSA) is 40.5 Å². The van der Waals surface area contributed by atoms with Crippen LogP contribution in [0.5, 0.6) is 0 Å². The lowest BCUT2D eigenvalue weighted by Crippen LogP contribution is -2.28. The lowest BCUT2D eigenvalue weighted by atomic mass is 10.2. The van der Waals surface area contributed by atoms with E-state index < -0.39 is 0 Å². The maximum atomic E-state index is 12.2. The van der Waals surface area contributed by atoms with Gasteiger partial charge in [-0.25, -0.2) is 0 Å². The molecule has 0 saturated carbocycles. The van der Waals surface area contributed by atoms with Crippen molar-refractivity contribution in [1.29, 1.82) is 0 Å². The molecule has 0 aliphatic rings. The summed E-state index contributed by atoms with van der Waals surface area (Å²) in [6.07, 6.45) is 0.232. The van der Waals surface area contributed by atoms with Crippen molar-refractivity contribution in [1.82, 2.24) is 4.90 Å². The molecule has 18 heavy (non-hydrogen) atoms. The van der Waals surface area contributed by atoms with Crippen LogP contribution >= 0.6 is 11.3 Å². The Morgan fingerprint density at radius 3 is 2.83 bits per heavy atom. The van der Waals surface area contributed by atoms with Crippen LogP contribution in [0.4, 0.5) is 0 Å². The lowest BCUT2D eigenvalue weighted by Gasteiger charge is -2.16. The average molecular weight is 263 g/mol. The van der Waals surface area contributed by atoms with Crippen molar-refractivity contribution in [3.8, 4) is 0 Å². The van der Waals surface area contributed by atoms with Crippen LogP contribution in [0.1, 0.15) is 23.0 Å². The molecule has 0 radical (unpaired) electrons. The van der Waals surface area contributed by atoms with Crippen molar-refractivity contribution in [2.75, 3.05) is 13.6 Å². The Morgan fingerprint density at radius 1 is 1.44 bits per heavy atom. The lowest BCUT2D eigenvalue weighted by molar-refractivity contribution is 0.0774. The molecule has 2 rings (SSSR count). The summed E-state index contributed by atoms with van der Waals surface area (Å²) in [6, 6.07) is 9.91. The summed E-state index contributed by atoms with van der Waals surface area (Å²) in [4.78, 5) is 14.6. The van der Waals surface area contributed by atoms with Crippen LogP contribution in [0.2, 0.25) is 0 Å². The van der Waals surface area contributed by atoms with Gasteiger partial charge < -0.3 is 10.0 Å². The minimum Gasteiger partial charge on any atom is -0.393 e. The number of benzene rings is 1. The third-order valence-corrected chi connectivity index (χ3v) is 3.97. The van der Waals surface area contributed by atoms with E-state index in [1.807, 2.05) is 30.3 Å². The van der Waals surface area contributed by atoms with Gasteiger partial charge in [0.05, 0.1) is 11.0 Å². The van der Waals surface area contributed by atoms with Crippen molar-refractivity contribution < 1.29 is 9.90 Å². The van der Waals surface area contributed by atoms with E-state index in [2.05, 4.69) is 0 Å². The van der Waals surface area contributed by atoms with E-state index in [1.165, 1.54) is 11.3 Å². The van der Waals surface area contributed by atoms with Gasteiger partial charge in [0.2, 0.25) is 0 Å². The molecule has 2 aromatic rings. The Labute approximate surface area is 111 Å². The fraction of sp³-hybridized carbons (Fsp3) is 0.357. The molecule has 1 atom stereocenters. The van der Waals surface area contributed by atoms with Crippen molar-refractivity contribution in [3.05, 3.63) is 35.2 Å². The zero-order valence-electron chi connectivity index (χ0n) is 10.6. The van der Waals surface area contributed by atoms with E-state index in [9.17, 15) is 9.90 Å². The number of hydrogen-bond acceptors (Lipinski definition) is 3. The van der Waals surface area contributed by atoms with E-state index in [1.54, 1.807) is 18.9 Å². The molecule has 1 amide bonds. The third kappa shape index (κ3) is 2.89. The van der Waals surface area contributed by atoms with Crippen molar-refractivity contribution in [3.63, 3.8) is 0 Å². The van der Waals surface area contributed by atoms with Crippen LogP contribution in [0.15, 0.2) is 30.3 Å². The predicted octanol–water partition coefficient (Wildman–Crippen LogP) is 2.74. The van der Waals surface area contributed by atoms with Crippen LogP contribution in [0.3, 0.4) is 0 Å². The molecular weight excluding hydrogens is 246 g/mol. The molecule has 0 fully saturated rings. The van der Waals surface area contributed by atoms with Crippen molar-refractivity contribution in [2.24, 2.45) is 0 Å². The first-order valence-corrected chi connectivity index (χ1v) is 6.81. The summed E-state index contributed by atoms with van der Waals surface area (Å²) in [5, 5.41) is 10.3. The van der Waals surface area contributed by atoms with Gasteiger partial charge in [-0.15, -0.1) is 11.3 Å². The van der Waals surface area contributed by atoms with Gasteiger partial charge in [0.25, 0.3) is 5.91 Å². The number of thiophene rings is 1. The highest BCUT2D eigenvalue weighted by molar-refractivity contribution is 7.20. The number of rotatable bonds is 4. The summed E-state index contributed by atoms with van der Waals surface area (Å²) >= 11 is 1.51.